The first kappa shape index (κ1) is 13.6. The van der Waals surface area contributed by atoms with Gasteiger partial charge in [0.15, 0.2) is 4.77 Å². The molecule has 0 atom stereocenters. The smallest absolute Gasteiger partial charge is 0.257 e. The number of thioether (sulfide) groups is 1. The Balaban J connectivity index is 1.65. The van der Waals surface area contributed by atoms with Crippen LogP contribution in [0.5, 0.6) is 0 Å². The Morgan fingerprint density at radius 3 is 2.85 bits per heavy atom. The summed E-state index contributed by atoms with van der Waals surface area (Å²) in [5.74, 6) is 1.05. The molecule has 8 heteroatoms. The van der Waals surface area contributed by atoms with Crippen LogP contribution in [0.1, 0.15) is 18.4 Å². The zero-order valence-electron chi connectivity index (χ0n) is 10.8. The van der Waals surface area contributed by atoms with Crippen molar-refractivity contribution in [3.63, 3.8) is 0 Å². The first-order valence-electron chi connectivity index (χ1n) is 6.47. The summed E-state index contributed by atoms with van der Waals surface area (Å²) in [7, 11) is 0. The van der Waals surface area contributed by atoms with Gasteiger partial charge in [-0.25, -0.2) is 4.99 Å². The second-order valence-electron chi connectivity index (χ2n) is 4.79. The number of nitrogens with zero attached hydrogens (tertiary/aromatic N) is 2. The van der Waals surface area contributed by atoms with Crippen molar-refractivity contribution in [2.75, 3.05) is 18.8 Å². The van der Waals surface area contributed by atoms with Gasteiger partial charge in [0.2, 0.25) is 5.91 Å². The molecule has 0 aromatic carbocycles. The molecule has 0 bridgehead atoms. The van der Waals surface area contributed by atoms with E-state index in [4.69, 9.17) is 12.2 Å². The molecule has 3 heterocycles. The molecule has 1 fully saturated rings. The molecule has 1 amide bonds. The Morgan fingerprint density at radius 1 is 1.35 bits per heavy atom. The van der Waals surface area contributed by atoms with Crippen molar-refractivity contribution < 1.29 is 4.79 Å². The molecule has 0 radical (unpaired) electrons. The van der Waals surface area contributed by atoms with Crippen LogP contribution in [0, 0.1) is 4.77 Å². The molecule has 2 aliphatic rings. The van der Waals surface area contributed by atoms with E-state index in [1.807, 2.05) is 4.90 Å². The van der Waals surface area contributed by atoms with Crippen LogP contribution in [0.2, 0.25) is 0 Å². The second kappa shape index (κ2) is 5.53. The fraction of sp³-hybridized carbons (Fsp3) is 0.500. The summed E-state index contributed by atoms with van der Waals surface area (Å²) in [4.78, 5) is 35.3. The van der Waals surface area contributed by atoms with Crippen LogP contribution in [0.25, 0.3) is 0 Å². The van der Waals surface area contributed by atoms with Gasteiger partial charge in [-0.05, 0) is 25.1 Å². The van der Waals surface area contributed by atoms with Crippen LogP contribution >= 0.6 is 24.0 Å². The summed E-state index contributed by atoms with van der Waals surface area (Å²) < 4.78 is 0.275. The molecule has 20 heavy (non-hydrogen) atoms. The Bertz CT molecular complexity index is 685. The van der Waals surface area contributed by atoms with Crippen molar-refractivity contribution >= 4 is 40.7 Å². The van der Waals surface area contributed by atoms with Gasteiger partial charge in [-0.1, -0.05) is 0 Å². The lowest BCUT2D eigenvalue weighted by atomic mass is 10.3. The van der Waals surface area contributed by atoms with Gasteiger partial charge >= 0.3 is 0 Å². The largest absolute Gasteiger partial charge is 0.342 e. The minimum Gasteiger partial charge on any atom is -0.342 e. The lowest BCUT2D eigenvalue weighted by molar-refractivity contribution is -0.127. The zero-order valence-corrected chi connectivity index (χ0v) is 12.4. The molecule has 1 aromatic heterocycles. The maximum atomic E-state index is 12.0. The lowest BCUT2D eigenvalue weighted by Gasteiger charge is -2.14. The Labute approximate surface area is 124 Å². The van der Waals surface area contributed by atoms with Gasteiger partial charge < -0.3 is 9.88 Å². The molecule has 2 aliphatic heterocycles. The number of hydrogen-bond donors (Lipinski definition) is 2. The van der Waals surface area contributed by atoms with Crippen LogP contribution in [-0.4, -0.2) is 44.7 Å². The van der Waals surface area contributed by atoms with Gasteiger partial charge in [0.25, 0.3) is 5.56 Å². The van der Waals surface area contributed by atoms with Gasteiger partial charge in [0.05, 0.1) is 16.4 Å². The van der Waals surface area contributed by atoms with Crippen LogP contribution < -0.4 is 5.56 Å². The van der Waals surface area contributed by atoms with Crippen molar-refractivity contribution in [1.82, 2.24) is 14.9 Å². The van der Waals surface area contributed by atoms with E-state index in [2.05, 4.69) is 15.0 Å². The van der Waals surface area contributed by atoms with E-state index in [0.717, 1.165) is 31.0 Å². The normalized spacial score (nSPS) is 17.2. The molecule has 0 unspecified atom stereocenters. The summed E-state index contributed by atoms with van der Waals surface area (Å²) >= 11 is 6.31. The van der Waals surface area contributed by atoms with Gasteiger partial charge in [-0.2, -0.15) is 0 Å². The predicted octanol–water partition coefficient (Wildman–Crippen LogP) is 1.37. The highest BCUT2D eigenvalue weighted by Crippen LogP contribution is 2.25. The minimum absolute atomic E-state index is 0.146. The number of likely N-dealkylation sites (tertiary alicyclic amines) is 1. The average molecular weight is 310 g/mol. The van der Waals surface area contributed by atoms with Crippen molar-refractivity contribution in [2.45, 2.75) is 19.3 Å². The lowest BCUT2D eigenvalue weighted by Crippen LogP contribution is -2.29. The number of H-pyrrole nitrogens is 2. The first-order chi connectivity index (χ1) is 9.63. The first-order valence-corrected chi connectivity index (χ1v) is 7.86. The van der Waals surface area contributed by atoms with Crippen LogP contribution in [0.4, 0.5) is 5.82 Å². The molecule has 2 N–H and O–H groups in total. The third-order valence-corrected chi connectivity index (χ3v) is 4.57. The van der Waals surface area contributed by atoms with E-state index in [1.54, 1.807) is 0 Å². The molecular formula is C12H14N4O2S2. The average Bonchev–Trinajstić information content (AvgIpc) is 3.04. The fourth-order valence-corrected chi connectivity index (χ4v) is 3.43. The number of carbonyl (C=O) groups excluding carboxylic acids is 1. The number of fused-ring (bicyclic) bond motifs is 1. The maximum Gasteiger partial charge on any atom is 0.257 e. The van der Waals surface area contributed by atoms with E-state index in [-0.39, 0.29) is 16.2 Å². The molecule has 0 spiro atoms. The molecular weight excluding hydrogens is 296 g/mol. The highest BCUT2D eigenvalue weighted by molar-refractivity contribution is 8.14. The maximum absolute atomic E-state index is 12.0. The highest BCUT2D eigenvalue weighted by Gasteiger charge is 2.22. The van der Waals surface area contributed by atoms with Crippen molar-refractivity contribution in [3.8, 4) is 0 Å². The number of nitrogens with one attached hydrogen (secondary N) is 2. The van der Waals surface area contributed by atoms with E-state index < -0.39 is 0 Å². The molecule has 0 aliphatic carbocycles. The third-order valence-electron chi connectivity index (χ3n) is 3.40. The van der Waals surface area contributed by atoms with Crippen LogP contribution in [0.3, 0.4) is 0 Å². The number of carbonyl (C=O) groups is 1. The number of aromatic nitrogens is 2. The topological polar surface area (TPSA) is 81.3 Å². The van der Waals surface area contributed by atoms with Crippen molar-refractivity contribution in [1.29, 1.82) is 0 Å². The number of aliphatic imine (C=N–C) groups is 1. The fourth-order valence-electron chi connectivity index (χ4n) is 2.36. The summed E-state index contributed by atoms with van der Waals surface area (Å²) in [5, 5.41) is 0.787. The number of amides is 1. The van der Waals surface area contributed by atoms with Gasteiger partial charge in [0, 0.05) is 19.5 Å². The number of hydrogen-bond acceptors (Lipinski definition) is 5. The summed E-state index contributed by atoms with van der Waals surface area (Å²) in [6.45, 7) is 1.72. The Kier molecular flexibility index (Phi) is 3.75. The van der Waals surface area contributed by atoms with Gasteiger partial charge in [0.1, 0.15) is 5.82 Å². The third kappa shape index (κ3) is 2.71. The second-order valence-corrected chi connectivity index (χ2v) is 6.25. The molecule has 0 saturated carbocycles. The highest BCUT2D eigenvalue weighted by atomic mass is 32.2. The molecule has 1 aromatic rings. The van der Waals surface area contributed by atoms with Crippen molar-refractivity contribution in [2.24, 2.45) is 4.99 Å². The minimum atomic E-state index is -0.200. The quantitative estimate of drug-likeness (QED) is 0.809. The monoisotopic (exact) mass is 310 g/mol. The zero-order chi connectivity index (χ0) is 14.1. The molecule has 6 nitrogen and oxygen atoms in total. The molecule has 106 valence electrons. The molecule has 3 rings (SSSR count). The van der Waals surface area contributed by atoms with Gasteiger partial charge in [-0.15, -0.1) is 11.8 Å². The van der Waals surface area contributed by atoms with E-state index in [1.165, 1.54) is 11.8 Å². The van der Waals surface area contributed by atoms with Crippen LogP contribution in [-0.2, 0) is 11.2 Å². The summed E-state index contributed by atoms with van der Waals surface area (Å²) in [6, 6.07) is 0. The number of rotatable bonds is 2. The summed E-state index contributed by atoms with van der Waals surface area (Å²) in [6.07, 6.45) is 2.65. The SMILES string of the molecule is O=C(CSC1=Nc2[nH]c(=S)[nH]c(=O)c2C1)N1CCCC1. The Morgan fingerprint density at radius 2 is 2.10 bits per heavy atom. The Hall–Kier alpha value is -1.41. The summed E-state index contributed by atoms with van der Waals surface area (Å²) in [5.41, 5.74) is 0.392. The van der Waals surface area contributed by atoms with Crippen molar-refractivity contribution in [3.05, 3.63) is 20.7 Å². The number of aromatic amines is 2. The standard InChI is InChI=1S/C12H14N4O2S2/c17-9(16-3-1-2-4-16)6-20-8-5-7-10(13-8)14-12(19)15-11(7)18/h1-6H2,(H2,14,15,18,19). The molecule has 1 saturated heterocycles. The predicted molar refractivity (Wildman–Crippen MR) is 81.3 cm³/mol. The van der Waals surface area contributed by atoms with Crippen LogP contribution in [0.15, 0.2) is 9.79 Å². The van der Waals surface area contributed by atoms with E-state index >= 15 is 0 Å². The van der Waals surface area contributed by atoms with E-state index in [9.17, 15) is 9.59 Å². The van der Waals surface area contributed by atoms with E-state index in [0.29, 0.717) is 23.6 Å². The van der Waals surface area contributed by atoms with Gasteiger partial charge in [-0.3, -0.25) is 14.6 Å².